The van der Waals surface area contributed by atoms with Crippen LogP contribution in [0, 0.1) is 11.8 Å². The van der Waals surface area contributed by atoms with Crippen molar-refractivity contribution < 1.29 is 4.74 Å². The van der Waals surface area contributed by atoms with Crippen molar-refractivity contribution in [3.05, 3.63) is 0 Å². The van der Waals surface area contributed by atoms with Gasteiger partial charge in [-0.1, -0.05) is 19.3 Å². The Balaban J connectivity index is 1.46. The molecule has 3 aliphatic rings. The van der Waals surface area contributed by atoms with Gasteiger partial charge >= 0.3 is 0 Å². The van der Waals surface area contributed by atoms with E-state index in [4.69, 9.17) is 4.74 Å². The van der Waals surface area contributed by atoms with E-state index in [2.05, 4.69) is 10.2 Å². The summed E-state index contributed by atoms with van der Waals surface area (Å²) < 4.78 is 6.08. The quantitative estimate of drug-likeness (QED) is 0.848. The summed E-state index contributed by atoms with van der Waals surface area (Å²) in [5.74, 6) is 1.72. The van der Waals surface area contributed by atoms with Crippen molar-refractivity contribution in [2.45, 2.75) is 51.0 Å². The smallest absolute Gasteiger partial charge is 0.0730 e. The summed E-state index contributed by atoms with van der Waals surface area (Å²) in [6.07, 6.45) is 10.4. The van der Waals surface area contributed by atoms with Crippen molar-refractivity contribution >= 4 is 0 Å². The van der Waals surface area contributed by atoms with Crippen molar-refractivity contribution in [3.8, 4) is 0 Å². The second-order valence-corrected chi connectivity index (χ2v) is 6.78. The number of rotatable bonds is 3. The minimum atomic E-state index is 0.533. The van der Waals surface area contributed by atoms with Gasteiger partial charge in [-0.3, -0.25) is 4.90 Å². The molecular formula is C16H30N2O. The molecule has 0 spiro atoms. The molecule has 3 nitrogen and oxygen atoms in total. The summed E-state index contributed by atoms with van der Waals surface area (Å²) in [6, 6.07) is 0. The van der Waals surface area contributed by atoms with Gasteiger partial charge in [-0.05, 0) is 50.6 Å². The third kappa shape index (κ3) is 3.93. The van der Waals surface area contributed by atoms with Crippen LogP contribution in [-0.4, -0.2) is 50.3 Å². The molecule has 2 atom stereocenters. The van der Waals surface area contributed by atoms with Crippen LogP contribution in [0.1, 0.15) is 44.9 Å². The van der Waals surface area contributed by atoms with E-state index >= 15 is 0 Å². The summed E-state index contributed by atoms with van der Waals surface area (Å²) in [6.45, 7) is 7.05. The fourth-order valence-corrected chi connectivity index (χ4v) is 4.13. The predicted molar refractivity (Wildman–Crippen MR) is 78.3 cm³/mol. The van der Waals surface area contributed by atoms with Gasteiger partial charge in [-0.2, -0.15) is 0 Å². The lowest BCUT2D eigenvalue weighted by Gasteiger charge is -2.40. The van der Waals surface area contributed by atoms with Crippen LogP contribution < -0.4 is 5.32 Å². The molecule has 110 valence electrons. The first kappa shape index (κ1) is 13.8. The van der Waals surface area contributed by atoms with Crippen LogP contribution in [0.2, 0.25) is 0 Å². The standard InChI is InChI=1S/C16H30N2O/c1-2-6-15(7-3-1)16-13-18(9-10-19-16)12-14-5-4-8-17-11-14/h14-17H,1-13H2. The minimum Gasteiger partial charge on any atom is -0.375 e. The van der Waals surface area contributed by atoms with E-state index in [-0.39, 0.29) is 0 Å². The second-order valence-electron chi connectivity index (χ2n) is 6.78. The number of nitrogens with one attached hydrogen (secondary N) is 1. The topological polar surface area (TPSA) is 24.5 Å². The fourth-order valence-electron chi connectivity index (χ4n) is 4.13. The molecule has 0 aromatic rings. The normalized spacial score (nSPS) is 35.4. The zero-order valence-electron chi connectivity index (χ0n) is 12.3. The molecule has 0 aromatic carbocycles. The first-order chi connectivity index (χ1) is 9.42. The van der Waals surface area contributed by atoms with Gasteiger partial charge in [-0.15, -0.1) is 0 Å². The highest BCUT2D eigenvalue weighted by Crippen LogP contribution is 2.29. The average Bonchev–Trinajstić information content (AvgIpc) is 2.49. The molecular weight excluding hydrogens is 236 g/mol. The van der Waals surface area contributed by atoms with Crippen LogP contribution in [0.5, 0.6) is 0 Å². The van der Waals surface area contributed by atoms with E-state index in [1.165, 1.54) is 71.1 Å². The van der Waals surface area contributed by atoms with Crippen LogP contribution in [0.3, 0.4) is 0 Å². The monoisotopic (exact) mass is 266 g/mol. The number of hydrogen-bond donors (Lipinski definition) is 1. The van der Waals surface area contributed by atoms with Crippen molar-refractivity contribution in [2.75, 3.05) is 39.3 Å². The molecule has 0 bridgehead atoms. The molecule has 0 radical (unpaired) electrons. The zero-order valence-corrected chi connectivity index (χ0v) is 12.3. The molecule has 3 fully saturated rings. The molecule has 2 unspecified atom stereocenters. The summed E-state index contributed by atoms with van der Waals surface area (Å²) >= 11 is 0. The Kier molecular flexibility index (Phi) is 5.14. The Bertz CT molecular complexity index is 259. The molecule has 3 rings (SSSR count). The van der Waals surface area contributed by atoms with Gasteiger partial charge in [0.1, 0.15) is 0 Å². The van der Waals surface area contributed by atoms with E-state index in [1.54, 1.807) is 0 Å². The molecule has 2 saturated heterocycles. The van der Waals surface area contributed by atoms with Gasteiger partial charge in [0, 0.05) is 19.6 Å². The molecule has 1 N–H and O–H groups in total. The number of morpholine rings is 1. The van der Waals surface area contributed by atoms with E-state index in [0.717, 1.165) is 25.0 Å². The van der Waals surface area contributed by atoms with E-state index in [1.807, 2.05) is 0 Å². The third-order valence-corrected chi connectivity index (χ3v) is 5.27. The number of hydrogen-bond acceptors (Lipinski definition) is 3. The van der Waals surface area contributed by atoms with Gasteiger partial charge < -0.3 is 10.1 Å². The molecule has 3 heteroatoms. The summed E-state index contributed by atoms with van der Waals surface area (Å²) in [7, 11) is 0. The highest BCUT2D eigenvalue weighted by Gasteiger charge is 2.30. The molecule has 2 aliphatic heterocycles. The van der Waals surface area contributed by atoms with Crippen molar-refractivity contribution in [1.82, 2.24) is 10.2 Å². The van der Waals surface area contributed by atoms with Crippen LogP contribution in [-0.2, 0) is 4.74 Å². The Labute approximate surface area is 118 Å². The molecule has 2 heterocycles. The Morgan fingerprint density at radius 2 is 1.95 bits per heavy atom. The molecule has 1 aliphatic carbocycles. The Morgan fingerprint density at radius 1 is 1.05 bits per heavy atom. The van der Waals surface area contributed by atoms with Gasteiger partial charge in [0.2, 0.25) is 0 Å². The number of nitrogens with zero attached hydrogens (tertiary/aromatic N) is 1. The average molecular weight is 266 g/mol. The maximum Gasteiger partial charge on any atom is 0.0730 e. The van der Waals surface area contributed by atoms with Crippen molar-refractivity contribution in [1.29, 1.82) is 0 Å². The lowest BCUT2D eigenvalue weighted by Crippen LogP contribution is -2.49. The summed E-state index contributed by atoms with van der Waals surface area (Å²) in [4.78, 5) is 2.68. The van der Waals surface area contributed by atoms with Crippen LogP contribution in [0.4, 0.5) is 0 Å². The van der Waals surface area contributed by atoms with Crippen LogP contribution >= 0.6 is 0 Å². The van der Waals surface area contributed by atoms with Crippen molar-refractivity contribution in [2.24, 2.45) is 11.8 Å². The Morgan fingerprint density at radius 3 is 2.74 bits per heavy atom. The number of piperidine rings is 1. The maximum absolute atomic E-state index is 6.08. The predicted octanol–water partition coefficient (Wildman–Crippen LogP) is 2.27. The summed E-state index contributed by atoms with van der Waals surface area (Å²) in [5, 5.41) is 3.54. The highest BCUT2D eigenvalue weighted by atomic mass is 16.5. The van der Waals surface area contributed by atoms with E-state index < -0.39 is 0 Å². The van der Waals surface area contributed by atoms with Gasteiger partial charge in [-0.25, -0.2) is 0 Å². The first-order valence-electron chi connectivity index (χ1n) is 8.46. The number of ether oxygens (including phenoxy) is 1. The van der Waals surface area contributed by atoms with Crippen LogP contribution in [0.25, 0.3) is 0 Å². The van der Waals surface area contributed by atoms with E-state index in [9.17, 15) is 0 Å². The SMILES string of the molecule is C1CCC(C2CN(CC3CCCNC3)CCO2)CC1. The third-order valence-electron chi connectivity index (χ3n) is 5.27. The van der Waals surface area contributed by atoms with Gasteiger partial charge in [0.05, 0.1) is 12.7 Å². The second kappa shape index (κ2) is 7.05. The fraction of sp³-hybridized carbons (Fsp3) is 1.00. The lowest BCUT2D eigenvalue weighted by atomic mass is 9.84. The first-order valence-corrected chi connectivity index (χ1v) is 8.46. The molecule has 0 aromatic heterocycles. The molecule has 19 heavy (non-hydrogen) atoms. The largest absolute Gasteiger partial charge is 0.375 e. The zero-order chi connectivity index (χ0) is 12.9. The summed E-state index contributed by atoms with van der Waals surface area (Å²) in [5.41, 5.74) is 0. The molecule has 0 amide bonds. The van der Waals surface area contributed by atoms with Gasteiger partial charge in [0.15, 0.2) is 0 Å². The maximum atomic E-state index is 6.08. The Hall–Kier alpha value is -0.120. The molecule has 1 saturated carbocycles. The van der Waals surface area contributed by atoms with Gasteiger partial charge in [0.25, 0.3) is 0 Å². The minimum absolute atomic E-state index is 0.533. The van der Waals surface area contributed by atoms with Crippen molar-refractivity contribution in [3.63, 3.8) is 0 Å². The highest BCUT2D eigenvalue weighted by molar-refractivity contribution is 4.82. The van der Waals surface area contributed by atoms with Crippen LogP contribution in [0.15, 0.2) is 0 Å². The van der Waals surface area contributed by atoms with E-state index in [0.29, 0.717) is 6.10 Å². The lowest BCUT2D eigenvalue weighted by molar-refractivity contribution is -0.0684.